The molecule has 0 saturated heterocycles. The first-order valence-corrected chi connectivity index (χ1v) is 6.60. The molecule has 0 aliphatic carbocycles. The zero-order valence-electron chi connectivity index (χ0n) is 10.7. The molecule has 0 bridgehead atoms. The van der Waals surface area contributed by atoms with Crippen molar-refractivity contribution in [3.8, 4) is 5.75 Å². The van der Waals surface area contributed by atoms with Crippen LogP contribution in [0.4, 0.5) is 0 Å². The van der Waals surface area contributed by atoms with E-state index < -0.39 is 5.97 Å². The van der Waals surface area contributed by atoms with Gasteiger partial charge in [0, 0.05) is 5.56 Å². The number of carbonyl (C=O) groups is 2. The molecule has 20 heavy (non-hydrogen) atoms. The Balaban J connectivity index is 2.18. The molecule has 0 amide bonds. The fourth-order valence-corrected chi connectivity index (χ4v) is 2.39. The van der Waals surface area contributed by atoms with E-state index in [1.54, 1.807) is 19.3 Å². The number of thiophene rings is 1. The van der Waals surface area contributed by atoms with Gasteiger partial charge in [0.15, 0.2) is 5.78 Å². The minimum absolute atomic E-state index is 0.0408. The second kappa shape index (κ2) is 6.16. The summed E-state index contributed by atoms with van der Waals surface area (Å²) >= 11 is 0.900. The molecule has 5 heteroatoms. The number of methoxy groups -OCH3 is 1. The molecule has 0 aliphatic heterocycles. The number of ketones is 1. The number of carboxylic acids is 1. The SMILES string of the molecule is COc1ccccc1/C=C/C(=O)c1ccc(C(=O)[O-])s1. The highest BCUT2D eigenvalue weighted by atomic mass is 32.1. The maximum atomic E-state index is 11.9. The summed E-state index contributed by atoms with van der Waals surface area (Å²) in [4.78, 5) is 23.0. The maximum absolute atomic E-state index is 11.9. The van der Waals surface area contributed by atoms with Gasteiger partial charge in [0.1, 0.15) is 5.75 Å². The number of rotatable bonds is 5. The van der Waals surface area contributed by atoms with Gasteiger partial charge in [-0.1, -0.05) is 18.2 Å². The molecular weight excluding hydrogens is 276 g/mol. The topological polar surface area (TPSA) is 66.4 Å². The predicted octanol–water partition coefficient (Wildman–Crippen LogP) is 2.02. The summed E-state index contributed by atoms with van der Waals surface area (Å²) in [6.45, 7) is 0. The van der Waals surface area contributed by atoms with E-state index in [1.165, 1.54) is 18.2 Å². The monoisotopic (exact) mass is 287 g/mol. The van der Waals surface area contributed by atoms with Crippen LogP contribution >= 0.6 is 11.3 Å². The fraction of sp³-hybridized carbons (Fsp3) is 0.0667. The van der Waals surface area contributed by atoms with Gasteiger partial charge < -0.3 is 14.6 Å². The van der Waals surface area contributed by atoms with Crippen LogP contribution in [0.25, 0.3) is 6.08 Å². The highest BCUT2D eigenvalue weighted by Crippen LogP contribution is 2.20. The van der Waals surface area contributed by atoms with Crippen molar-refractivity contribution in [2.75, 3.05) is 7.11 Å². The smallest absolute Gasteiger partial charge is 0.195 e. The molecular formula is C15H11O4S-. The van der Waals surface area contributed by atoms with Gasteiger partial charge in [0.05, 0.1) is 22.8 Å². The lowest BCUT2D eigenvalue weighted by Crippen LogP contribution is -2.20. The van der Waals surface area contributed by atoms with Crippen molar-refractivity contribution in [1.82, 2.24) is 0 Å². The maximum Gasteiger partial charge on any atom is 0.195 e. The number of benzene rings is 1. The van der Waals surface area contributed by atoms with Crippen LogP contribution in [0, 0.1) is 0 Å². The van der Waals surface area contributed by atoms with Gasteiger partial charge in [-0.05, 0) is 30.4 Å². The minimum atomic E-state index is -1.28. The molecule has 102 valence electrons. The zero-order chi connectivity index (χ0) is 14.5. The number of ether oxygens (including phenoxy) is 1. The minimum Gasteiger partial charge on any atom is -0.544 e. The number of para-hydroxylation sites is 1. The molecule has 2 aromatic rings. The summed E-state index contributed by atoms with van der Waals surface area (Å²) in [5.74, 6) is -0.866. The molecule has 0 fully saturated rings. The summed E-state index contributed by atoms with van der Waals surface area (Å²) in [6.07, 6.45) is 3.03. The highest BCUT2D eigenvalue weighted by molar-refractivity contribution is 7.16. The van der Waals surface area contributed by atoms with E-state index in [0.29, 0.717) is 10.6 Å². The first-order valence-electron chi connectivity index (χ1n) is 5.78. The van der Waals surface area contributed by atoms with Gasteiger partial charge in [-0.2, -0.15) is 0 Å². The second-order valence-corrected chi connectivity index (χ2v) is 4.97. The van der Waals surface area contributed by atoms with Gasteiger partial charge in [-0.3, -0.25) is 4.79 Å². The van der Waals surface area contributed by atoms with E-state index in [9.17, 15) is 14.7 Å². The first kappa shape index (κ1) is 14.0. The molecule has 1 aromatic heterocycles. The van der Waals surface area contributed by atoms with Crippen molar-refractivity contribution < 1.29 is 19.4 Å². The first-order chi connectivity index (χ1) is 9.61. The van der Waals surface area contributed by atoms with Crippen molar-refractivity contribution in [2.45, 2.75) is 0 Å². The van der Waals surface area contributed by atoms with Crippen LogP contribution in [0.5, 0.6) is 5.75 Å². The lowest BCUT2D eigenvalue weighted by Gasteiger charge is -2.02. The van der Waals surface area contributed by atoms with Crippen molar-refractivity contribution >= 4 is 29.2 Å². The third kappa shape index (κ3) is 3.13. The van der Waals surface area contributed by atoms with Crippen molar-refractivity contribution in [1.29, 1.82) is 0 Å². The number of carbonyl (C=O) groups excluding carboxylic acids is 2. The average Bonchev–Trinajstić information content (AvgIpc) is 2.95. The van der Waals surface area contributed by atoms with Crippen molar-refractivity contribution in [3.05, 3.63) is 57.8 Å². The van der Waals surface area contributed by atoms with Crippen molar-refractivity contribution in [2.24, 2.45) is 0 Å². The summed E-state index contributed by atoms with van der Waals surface area (Å²) in [6, 6.07) is 10.1. The molecule has 4 nitrogen and oxygen atoms in total. The number of aromatic carboxylic acids is 1. The van der Waals surface area contributed by atoms with E-state index in [4.69, 9.17) is 4.74 Å². The molecule has 0 atom stereocenters. The molecule has 0 N–H and O–H groups in total. The zero-order valence-corrected chi connectivity index (χ0v) is 11.5. The Kier molecular flexibility index (Phi) is 4.32. The lowest BCUT2D eigenvalue weighted by atomic mass is 10.1. The van der Waals surface area contributed by atoms with E-state index in [0.717, 1.165) is 16.9 Å². The lowest BCUT2D eigenvalue weighted by molar-refractivity contribution is -0.254. The van der Waals surface area contributed by atoms with Crippen LogP contribution < -0.4 is 9.84 Å². The van der Waals surface area contributed by atoms with Gasteiger partial charge in [0.25, 0.3) is 0 Å². The summed E-state index contributed by atoms with van der Waals surface area (Å²) in [5.41, 5.74) is 0.778. The molecule has 0 saturated carbocycles. The molecule has 0 spiro atoms. The van der Waals surface area contributed by atoms with Crippen LogP contribution in [0.2, 0.25) is 0 Å². The number of hydrogen-bond acceptors (Lipinski definition) is 5. The number of carboxylic acid groups (broad SMARTS) is 1. The predicted molar refractivity (Wildman–Crippen MR) is 75.0 cm³/mol. The Labute approximate surface area is 119 Å². The Hall–Kier alpha value is -2.40. The molecule has 0 aliphatic rings. The van der Waals surface area contributed by atoms with Gasteiger partial charge in [-0.25, -0.2) is 0 Å². The van der Waals surface area contributed by atoms with Crippen LogP contribution in [-0.2, 0) is 0 Å². The molecule has 1 heterocycles. The molecule has 0 radical (unpaired) electrons. The summed E-state index contributed by atoms with van der Waals surface area (Å²) in [5, 5.41) is 10.7. The molecule has 0 unspecified atom stereocenters. The third-order valence-corrected chi connectivity index (χ3v) is 3.68. The molecule has 1 aromatic carbocycles. The normalized spacial score (nSPS) is 10.7. The highest BCUT2D eigenvalue weighted by Gasteiger charge is 2.07. The van der Waals surface area contributed by atoms with Crippen LogP contribution in [-0.4, -0.2) is 18.9 Å². The standard InChI is InChI=1S/C15H12O4S/c1-19-12-5-3-2-4-10(12)6-7-11(16)13-8-9-14(20-13)15(17)18/h2-9H,1H3,(H,17,18)/p-1/b7-6+. The quantitative estimate of drug-likeness (QED) is 0.623. The average molecular weight is 287 g/mol. The van der Waals surface area contributed by atoms with Gasteiger partial charge in [-0.15, -0.1) is 11.3 Å². The number of hydrogen-bond donors (Lipinski definition) is 0. The van der Waals surface area contributed by atoms with Crippen LogP contribution in [0.15, 0.2) is 42.5 Å². The summed E-state index contributed by atoms with van der Waals surface area (Å²) < 4.78 is 5.17. The van der Waals surface area contributed by atoms with Crippen LogP contribution in [0.3, 0.4) is 0 Å². The third-order valence-electron chi connectivity index (χ3n) is 2.60. The van der Waals surface area contributed by atoms with Gasteiger partial charge in [0.2, 0.25) is 0 Å². The largest absolute Gasteiger partial charge is 0.544 e. The van der Waals surface area contributed by atoms with E-state index >= 15 is 0 Å². The molecule has 2 rings (SSSR count). The summed E-state index contributed by atoms with van der Waals surface area (Å²) in [7, 11) is 1.56. The van der Waals surface area contributed by atoms with Crippen molar-refractivity contribution in [3.63, 3.8) is 0 Å². The number of allylic oxidation sites excluding steroid dienone is 1. The van der Waals surface area contributed by atoms with E-state index in [2.05, 4.69) is 0 Å². The Morgan fingerprint density at radius 2 is 1.85 bits per heavy atom. The second-order valence-electron chi connectivity index (χ2n) is 3.89. The van der Waals surface area contributed by atoms with E-state index in [-0.39, 0.29) is 10.7 Å². The Morgan fingerprint density at radius 1 is 1.15 bits per heavy atom. The van der Waals surface area contributed by atoms with Gasteiger partial charge >= 0.3 is 0 Å². The Morgan fingerprint density at radius 3 is 2.50 bits per heavy atom. The fourth-order valence-electron chi connectivity index (χ4n) is 1.63. The Bertz CT molecular complexity index is 670. The van der Waals surface area contributed by atoms with Crippen LogP contribution in [0.1, 0.15) is 24.9 Å². The van der Waals surface area contributed by atoms with E-state index in [1.807, 2.05) is 18.2 Å².